The molecule has 0 unspecified atom stereocenters. The highest BCUT2D eigenvalue weighted by Gasteiger charge is 2.24. The quantitative estimate of drug-likeness (QED) is 0.896. The Morgan fingerprint density at radius 2 is 1.85 bits per heavy atom. The van der Waals surface area contributed by atoms with Crippen molar-refractivity contribution in [1.29, 1.82) is 0 Å². The molecule has 6 nitrogen and oxygen atoms in total. The summed E-state index contributed by atoms with van der Waals surface area (Å²) in [6.45, 7) is 6.56. The van der Waals surface area contributed by atoms with Crippen LogP contribution >= 0.6 is 11.3 Å². The maximum absolute atomic E-state index is 12.5. The van der Waals surface area contributed by atoms with Gasteiger partial charge >= 0.3 is 6.03 Å². The Morgan fingerprint density at radius 1 is 1.15 bits per heavy atom. The molecule has 3 amide bonds. The van der Waals surface area contributed by atoms with Crippen LogP contribution in [0.2, 0.25) is 0 Å². The second-order valence-electron chi connectivity index (χ2n) is 6.15. The average molecular weight is 372 g/mol. The van der Waals surface area contributed by atoms with Crippen LogP contribution in [0.5, 0.6) is 0 Å². The number of carbonyl (C=O) groups is 2. The van der Waals surface area contributed by atoms with E-state index in [1.165, 1.54) is 11.3 Å². The first kappa shape index (κ1) is 18.4. The van der Waals surface area contributed by atoms with Gasteiger partial charge in [0.25, 0.3) is 5.91 Å². The Morgan fingerprint density at radius 3 is 2.54 bits per heavy atom. The summed E-state index contributed by atoms with van der Waals surface area (Å²) >= 11 is 1.47. The molecule has 26 heavy (non-hydrogen) atoms. The normalized spacial score (nSPS) is 13.7. The number of fused-ring (bicyclic) bond motifs is 1. The van der Waals surface area contributed by atoms with Gasteiger partial charge in [0.15, 0.2) is 5.01 Å². The number of para-hydroxylation sites is 1. The lowest BCUT2D eigenvalue weighted by atomic mass is 10.2. The van der Waals surface area contributed by atoms with Gasteiger partial charge in [0.1, 0.15) is 0 Å². The van der Waals surface area contributed by atoms with Crippen LogP contribution in [0.25, 0.3) is 0 Å². The van der Waals surface area contributed by atoms with E-state index in [0.29, 0.717) is 37.6 Å². The maximum atomic E-state index is 12.5. The van der Waals surface area contributed by atoms with Crippen molar-refractivity contribution < 1.29 is 9.59 Å². The number of anilines is 1. The molecular formula is C19H24N4O2S. The molecule has 3 rings (SSSR count). The van der Waals surface area contributed by atoms with E-state index in [-0.39, 0.29) is 11.9 Å². The average Bonchev–Trinajstić information content (AvgIpc) is 2.96. The van der Waals surface area contributed by atoms with E-state index < -0.39 is 0 Å². The summed E-state index contributed by atoms with van der Waals surface area (Å²) in [4.78, 5) is 34.3. The highest BCUT2D eigenvalue weighted by molar-refractivity contribution is 7.13. The van der Waals surface area contributed by atoms with Gasteiger partial charge in [-0.25, -0.2) is 9.78 Å². The Bertz CT molecular complexity index is 746. The van der Waals surface area contributed by atoms with Crippen LogP contribution < -0.4 is 5.32 Å². The molecule has 0 radical (unpaired) electrons. The Kier molecular flexibility index (Phi) is 5.88. The smallest absolute Gasteiger partial charge is 0.321 e. The molecule has 0 spiro atoms. The summed E-state index contributed by atoms with van der Waals surface area (Å²) in [5.74, 6) is 0.00625. The molecule has 7 heteroatoms. The Hall–Kier alpha value is -2.41. The van der Waals surface area contributed by atoms with E-state index in [4.69, 9.17) is 0 Å². The lowest BCUT2D eigenvalue weighted by molar-refractivity contribution is 0.0772. The minimum atomic E-state index is -0.0919. The molecule has 0 atom stereocenters. The molecule has 1 aromatic heterocycles. The summed E-state index contributed by atoms with van der Waals surface area (Å²) in [5.41, 5.74) is 1.75. The van der Waals surface area contributed by atoms with Crippen LogP contribution in [0.3, 0.4) is 0 Å². The molecule has 1 aliphatic rings. The van der Waals surface area contributed by atoms with Gasteiger partial charge < -0.3 is 15.1 Å². The van der Waals surface area contributed by atoms with Gasteiger partial charge in [-0.05, 0) is 26.0 Å². The van der Waals surface area contributed by atoms with Gasteiger partial charge in [0.05, 0.1) is 5.69 Å². The monoisotopic (exact) mass is 372 g/mol. The third kappa shape index (κ3) is 4.04. The number of rotatable bonds is 4. The molecule has 1 N–H and O–H groups in total. The van der Waals surface area contributed by atoms with Gasteiger partial charge in [0, 0.05) is 49.6 Å². The summed E-state index contributed by atoms with van der Waals surface area (Å²) in [6.07, 6.45) is 1.42. The summed E-state index contributed by atoms with van der Waals surface area (Å²) in [6, 6.07) is 9.37. The van der Waals surface area contributed by atoms with Gasteiger partial charge in [-0.3, -0.25) is 4.79 Å². The molecule has 138 valence electrons. The summed E-state index contributed by atoms with van der Waals surface area (Å²) in [7, 11) is 0. The SMILES string of the molecule is CCN(CC)C(=O)c1nc2c(s1)CCN(C(=O)Nc1ccccc1)CC2. The number of amides is 3. The summed E-state index contributed by atoms with van der Waals surface area (Å²) < 4.78 is 0. The topological polar surface area (TPSA) is 65.5 Å². The minimum absolute atomic E-state index is 0.00625. The van der Waals surface area contributed by atoms with E-state index in [1.54, 1.807) is 4.90 Å². The fraction of sp³-hybridized carbons (Fsp3) is 0.421. The van der Waals surface area contributed by atoms with E-state index in [2.05, 4.69) is 10.3 Å². The Labute approximate surface area is 157 Å². The van der Waals surface area contributed by atoms with E-state index >= 15 is 0 Å². The molecule has 0 aliphatic carbocycles. The first-order valence-electron chi connectivity index (χ1n) is 9.01. The molecule has 1 aromatic carbocycles. The second-order valence-corrected chi connectivity index (χ2v) is 7.23. The molecule has 1 aliphatic heterocycles. The lowest BCUT2D eigenvalue weighted by Gasteiger charge is -2.20. The molecule has 0 bridgehead atoms. The van der Waals surface area contributed by atoms with E-state index in [9.17, 15) is 9.59 Å². The molecule has 2 aromatic rings. The number of nitrogens with one attached hydrogen (secondary N) is 1. The Balaban J connectivity index is 1.64. The first-order chi connectivity index (χ1) is 12.6. The van der Waals surface area contributed by atoms with E-state index in [1.807, 2.05) is 49.1 Å². The van der Waals surface area contributed by atoms with Crippen LogP contribution in [0.4, 0.5) is 10.5 Å². The van der Waals surface area contributed by atoms with Crippen LogP contribution in [0, 0.1) is 0 Å². The zero-order chi connectivity index (χ0) is 18.5. The fourth-order valence-electron chi connectivity index (χ4n) is 3.03. The number of thiazole rings is 1. The van der Waals surface area contributed by atoms with Gasteiger partial charge in [-0.2, -0.15) is 0 Å². The minimum Gasteiger partial charge on any atom is -0.337 e. The second kappa shape index (κ2) is 8.31. The highest BCUT2D eigenvalue weighted by Crippen LogP contribution is 2.24. The van der Waals surface area contributed by atoms with Crippen molar-refractivity contribution in [2.24, 2.45) is 0 Å². The molecule has 0 saturated heterocycles. The van der Waals surface area contributed by atoms with E-state index in [0.717, 1.165) is 22.7 Å². The van der Waals surface area contributed by atoms with Gasteiger partial charge in [-0.1, -0.05) is 18.2 Å². The van der Waals surface area contributed by atoms with Crippen LogP contribution in [-0.4, -0.2) is 52.9 Å². The maximum Gasteiger partial charge on any atom is 0.321 e. The van der Waals surface area contributed by atoms with Crippen LogP contribution in [-0.2, 0) is 12.8 Å². The van der Waals surface area contributed by atoms with Crippen molar-refractivity contribution in [3.63, 3.8) is 0 Å². The van der Waals surface area contributed by atoms with Crippen molar-refractivity contribution in [3.05, 3.63) is 45.9 Å². The number of benzene rings is 1. The van der Waals surface area contributed by atoms with Crippen LogP contribution in [0.15, 0.2) is 30.3 Å². The number of carbonyl (C=O) groups excluding carboxylic acids is 2. The number of aromatic nitrogens is 1. The molecule has 0 fully saturated rings. The van der Waals surface area contributed by atoms with Crippen molar-refractivity contribution in [2.75, 3.05) is 31.5 Å². The number of urea groups is 1. The van der Waals surface area contributed by atoms with Crippen molar-refractivity contribution in [2.45, 2.75) is 26.7 Å². The standard InChI is InChI=1S/C19H24N4O2S/c1-3-22(4-2)18(24)17-21-15-10-12-23(13-11-16(15)26-17)19(25)20-14-8-6-5-7-9-14/h5-9H,3-4,10-13H2,1-2H3,(H,20,25). The van der Waals surface area contributed by atoms with Gasteiger partial charge in [-0.15, -0.1) is 11.3 Å². The third-order valence-corrected chi connectivity index (χ3v) is 5.70. The molecular weight excluding hydrogens is 348 g/mol. The van der Waals surface area contributed by atoms with Crippen molar-refractivity contribution >= 4 is 29.0 Å². The number of hydrogen-bond donors (Lipinski definition) is 1. The predicted octanol–water partition coefficient (Wildman–Crippen LogP) is 3.26. The number of hydrogen-bond acceptors (Lipinski definition) is 4. The van der Waals surface area contributed by atoms with Gasteiger partial charge in [0.2, 0.25) is 0 Å². The van der Waals surface area contributed by atoms with Crippen molar-refractivity contribution in [3.8, 4) is 0 Å². The predicted molar refractivity (Wildman–Crippen MR) is 104 cm³/mol. The zero-order valence-corrected chi connectivity index (χ0v) is 16.0. The van der Waals surface area contributed by atoms with Crippen LogP contribution in [0.1, 0.15) is 34.2 Å². The number of nitrogens with zero attached hydrogens (tertiary/aromatic N) is 3. The lowest BCUT2D eigenvalue weighted by Crippen LogP contribution is -2.36. The first-order valence-corrected chi connectivity index (χ1v) is 9.82. The largest absolute Gasteiger partial charge is 0.337 e. The molecule has 0 saturated carbocycles. The molecule has 2 heterocycles. The zero-order valence-electron chi connectivity index (χ0n) is 15.2. The highest BCUT2D eigenvalue weighted by atomic mass is 32.1. The van der Waals surface area contributed by atoms with Crippen molar-refractivity contribution in [1.82, 2.24) is 14.8 Å². The fourth-order valence-corrected chi connectivity index (χ4v) is 4.09. The third-order valence-electron chi connectivity index (χ3n) is 4.55. The summed E-state index contributed by atoms with van der Waals surface area (Å²) in [5, 5.41) is 3.50.